The summed E-state index contributed by atoms with van der Waals surface area (Å²) in [6, 6.07) is 21.8. The van der Waals surface area contributed by atoms with E-state index >= 15 is 0 Å². The van der Waals surface area contributed by atoms with Gasteiger partial charge < -0.3 is 20.2 Å². The highest BCUT2D eigenvalue weighted by Gasteiger charge is 2.50. The maximum Gasteiger partial charge on any atom is 0.261 e. The van der Waals surface area contributed by atoms with Crippen molar-refractivity contribution in [3.05, 3.63) is 60.7 Å². The van der Waals surface area contributed by atoms with Crippen LogP contribution in [0, 0.1) is 0 Å². The lowest BCUT2D eigenvalue weighted by Gasteiger charge is -2.43. The topological polar surface area (TPSA) is 60.0 Å². The van der Waals surface area contributed by atoms with Gasteiger partial charge in [-0.25, -0.2) is 0 Å². The highest BCUT2D eigenvalue weighted by atomic mass is 28.4. The monoisotopic (exact) mass is 498 g/mol. The number of hydrogen-bond acceptors (Lipinski definition) is 6. The maximum atomic E-state index is 8.56. The zero-order valence-corrected chi connectivity index (χ0v) is 23.0. The van der Waals surface area contributed by atoms with E-state index in [1.807, 2.05) is 0 Å². The first-order valence-corrected chi connectivity index (χ1v) is 15.1. The fourth-order valence-electron chi connectivity index (χ4n) is 5.10. The molecule has 3 N–H and O–H groups in total. The Morgan fingerprint density at radius 1 is 0.743 bits per heavy atom. The minimum absolute atomic E-state index is 0.0547. The molecule has 0 spiro atoms. The molecule has 2 aromatic carbocycles. The van der Waals surface area contributed by atoms with E-state index in [-0.39, 0.29) is 5.04 Å². The number of aliphatic hydroxyl groups excluding tert-OH is 1. The molecule has 35 heavy (non-hydrogen) atoms. The van der Waals surface area contributed by atoms with E-state index in [1.165, 1.54) is 10.4 Å². The third-order valence-electron chi connectivity index (χ3n) is 6.98. The Morgan fingerprint density at radius 3 is 1.57 bits per heavy atom. The van der Waals surface area contributed by atoms with Gasteiger partial charge in [-0.05, 0) is 15.4 Å². The van der Waals surface area contributed by atoms with Crippen LogP contribution >= 0.6 is 0 Å². The molecular formula is C28H46N4O2Si. The van der Waals surface area contributed by atoms with E-state index in [0.717, 1.165) is 72.1 Å². The Kier molecular flexibility index (Phi) is 11.4. The van der Waals surface area contributed by atoms with E-state index in [4.69, 9.17) is 9.53 Å². The number of piperazine rings is 2. The molecule has 6 nitrogen and oxygen atoms in total. The minimum Gasteiger partial charge on any atom is -0.406 e. The summed E-state index contributed by atoms with van der Waals surface area (Å²) in [4.78, 5) is 4.77. The summed E-state index contributed by atoms with van der Waals surface area (Å²) >= 11 is 0. The highest BCUT2D eigenvalue weighted by molar-refractivity contribution is 6.99. The molecule has 2 heterocycles. The normalized spacial score (nSPS) is 18.1. The SMILES string of the molecule is CC(C)(C)[Si](OCCN1CCNCC1)(c1ccccc1)c1ccccc1.OCCN1CCNCC1. The zero-order valence-electron chi connectivity index (χ0n) is 22.0. The lowest BCUT2D eigenvalue weighted by molar-refractivity contribution is 0.180. The molecule has 0 aliphatic carbocycles. The second-order valence-electron chi connectivity index (χ2n) is 10.4. The first kappa shape index (κ1) is 28.0. The third kappa shape index (κ3) is 7.95. The summed E-state index contributed by atoms with van der Waals surface area (Å²) in [6.45, 7) is 18.6. The lowest BCUT2D eigenvalue weighted by Crippen LogP contribution is -2.67. The molecule has 2 aromatic rings. The van der Waals surface area contributed by atoms with Crippen molar-refractivity contribution in [2.45, 2.75) is 25.8 Å². The molecule has 2 fully saturated rings. The average molecular weight is 499 g/mol. The van der Waals surface area contributed by atoms with E-state index in [9.17, 15) is 0 Å². The van der Waals surface area contributed by atoms with Crippen LogP contribution in [0.15, 0.2) is 60.7 Å². The van der Waals surface area contributed by atoms with Crippen LogP contribution in [-0.2, 0) is 4.43 Å². The van der Waals surface area contributed by atoms with E-state index < -0.39 is 8.32 Å². The predicted molar refractivity (Wildman–Crippen MR) is 149 cm³/mol. The Morgan fingerprint density at radius 2 is 1.17 bits per heavy atom. The van der Waals surface area contributed by atoms with Crippen molar-refractivity contribution < 1.29 is 9.53 Å². The van der Waals surface area contributed by atoms with Crippen molar-refractivity contribution in [3.63, 3.8) is 0 Å². The molecule has 0 radical (unpaired) electrons. The van der Waals surface area contributed by atoms with Crippen molar-refractivity contribution in [1.29, 1.82) is 0 Å². The van der Waals surface area contributed by atoms with Crippen LogP contribution in [0.3, 0.4) is 0 Å². The molecule has 0 aromatic heterocycles. The maximum absolute atomic E-state index is 8.56. The number of hydrogen-bond donors (Lipinski definition) is 3. The van der Waals surface area contributed by atoms with Gasteiger partial charge in [-0.1, -0.05) is 81.4 Å². The van der Waals surface area contributed by atoms with Gasteiger partial charge in [0.25, 0.3) is 8.32 Å². The van der Waals surface area contributed by atoms with Crippen LogP contribution in [-0.4, -0.2) is 102 Å². The van der Waals surface area contributed by atoms with Gasteiger partial charge >= 0.3 is 0 Å². The van der Waals surface area contributed by atoms with Gasteiger partial charge in [-0.15, -0.1) is 0 Å². The van der Waals surface area contributed by atoms with Crippen molar-refractivity contribution in [1.82, 2.24) is 20.4 Å². The molecule has 4 rings (SSSR count). The Labute approximate surface area is 213 Å². The summed E-state index contributed by atoms with van der Waals surface area (Å²) < 4.78 is 6.95. The largest absolute Gasteiger partial charge is 0.406 e. The molecule has 7 heteroatoms. The van der Waals surface area contributed by atoms with Gasteiger partial charge in [-0.3, -0.25) is 9.80 Å². The Bertz CT molecular complexity index is 778. The average Bonchev–Trinajstić information content (AvgIpc) is 2.89. The first-order chi connectivity index (χ1) is 17.0. The summed E-state index contributed by atoms with van der Waals surface area (Å²) in [5, 5.41) is 18.0. The molecule has 0 saturated carbocycles. The highest BCUT2D eigenvalue weighted by Crippen LogP contribution is 2.36. The number of nitrogens with one attached hydrogen (secondary N) is 2. The van der Waals surface area contributed by atoms with Crippen molar-refractivity contribution in [2.75, 3.05) is 78.7 Å². The zero-order chi connectivity index (χ0) is 25.0. The molecule has 2 aliphatic heterocycles. The van der Waals surface area contributed by atoms with Crippen LogP contribution < -0.4 is 21.0 Å². The third-order valence-corrected chi connectivity index (χ3v) is 12.0. The van der Waals surface area contributed by atoms with Crippen molar-refractivity contribution in [3.8, 4) is 0 Å². The Hall–Kier alpha value is -1.58. The Balaban J connectivity index is 0.000000320. The number of benzene rings is 2. The van der Waals surface area contributed by atoms with Gasteiger partial charge in [0.05, 0.1) is 6.61 Å². The standard InChI is InChI=1S/C22H32N2OSi.C6H14N2O/c1-22(2,3)26(20-10-6-4-7-11-20,21-12-8-5-9-13-21)25-19-18-24-16-14-23-15-17-24;9-6-5-8-3-1-7-2-4-8/h4-13,23H,14-19H2,1-3H3;7,9H,1-6H2. The van der Waals surface area contributed by atoms with Gasteiger partial charge in [0.15, 0.2) is 0 Å². The fraction of sp³-hybridized carbons (Fsp3) is 0.571. The van der Waals surface area contributed by atoms with Crippen LogP contribution in [0.25, 0.3) is 0 Å². The second kappa shape index (κ2) is 14.2. The van der Waals surface area contributed by atoms with Crippen molar-refractivity contribution in [2.24, 2.45) is 0 Å². The summed E-state index contributed by atoms with van der Waals surface area (Å²) in [6.07, 6.45) is 0. The van der Waals surface area contributed by atoms with Gasteiger partial charge in [0.2, 0.25) is 0 Å². The van der Waals surface area contributed by atoms with Crippen LogP contribution in [0.5, 0.6) is 0 Å². The van der Waals surface area contributed by atoms with E-state index in [1.54, 1.807) is 0 Å². The molecule has 0 atom stereocenters. The minimum atomic E-state index is -2.38. The molecular weight excluding hydrogens is 452 g/mol. The molecule has 0 amide bonds. The quantitative estimate of drug-likeness (QED) is 0.478. The van der Waals surface area contributed by atoms with Crippen LogP contribution in [0.2, 0.25) is 5.04 Å². The molecule has 0 unspecified atom stereocenters. The summed E-state index contributed by atoms with van der Waals surface area (Å²) in [7, 11) is -2.38. The first-order valence-electron chi connectivity index (χ1n) is 13.2. The van der Waals surface area contributed by atoms with Crippen LogP contribution in [0.1, 0.15) is 20.8 Å². The number of rotatable bonds is 8. The van der Waals surface area contributed by atoms with E-state index in [0.29, 0.717) is 6.61 Å². The second-order valence-corrected chi connectivity index (χ2v) is 14.7. The van der Waals surface area contributed by atoms with Gasteiger partial charge in [0.1, 0.15) is 0 Å². The fourth-order valence-corrected chi connectivity index (χ4v) is 9.65. The molecule has 2 aliphatic rings. The number of β-amino-alcohol motifs (C(OH)–C–C–N with tert-alkyl or cyclic N) is 1. The number of aliphatic hydroxyl groups is 1. The smallest absolute Gasteiger partial charge is 0.261 e. The lowest BCUT2D eigenvalue weighted by atomic mass is 10.2. The van der Waals surface area contributed by atoms with Crippen LogP contribution in [0.4, 0.5) is 0 Å². The van der Waals surface area contributed by atoms with Crippen molar-refractivity contribution >= 4 is 18.7 Å². The molecule has 2 saturated heterocycles. The number of nitrogens with zero attached hydrogens (tertiary/aromatic N) is 2. The van der Waals surface area contributed by atoms with Gasteiger partial charge in [-0.2, -0.15) is 0 Å². The summed E-state index contributed by atoms with van der Waals surface area (Å²) in [5.41, 5.74) is 0. The molecule has 0 bridgehead atoms. The molecule has 194 valence electrons. The van der Waals surface area contributed by atoms with E-state index in [2.05, 4.69) is 102 Å². The predicted octanol–water partition coefficient (Wildman–Crippen LogP) is 1.35. The van der Waals surface area contributed by atoms with Gasteiger partial charge in [0, 0.05) is 72.1 Å². The summed E-state index contributed by atoms with van der Waals surface area (Å²) in [5.74, 6) is 0.